The van der Waals surface area contributed by atoms with Crippen molar-refractivity contribution in [1.82, 2.24) is 9.97 Å². The van der Waals surface area contributed by atoms with Crippen molar-refractivity contribution in [3.05, 3.63) is 53.1 Å². The Bertz CT molecular complexity index is 631. The van der Waals surface area contributed by atoms with Crippen LogP contribution < -0.4 is 5.32 Å². The van der Waals surface area contributed by atoms with Crippen LogP contribution in [-0.2, 0) is 5.41 Å². The highest BCUT2D eigenvalue weighted by Crippen LogP contribution is 2.21. The van der Waals surface area contributed by atoms with Gasteiger partial charge in [-0.1, -0.05) is 39.0 Å². The molecule has 1 aromatic heterocycles. The monoisotopic (exact) mass is 282 g/mol. The molecular weight excluding hydrogens is 260 g/mol. The van der Waals surface area contributed by atoms with Gasteiger partial charge in [-0.3, -0.25) is 5.41 Å². The van der Waals surface area contributed by atoms with Crippen LogP contribution in [-0.4, -0.2) is 15.8 Å². The predicted octanol–water partition coefficient (Wildman–Crippen LogP) is 3.83. The molecular formula is C17H22N4. The van der Waals surface area contributed by atoms with Gasteiger partial charge in [0.2, 0.25) is 0 Å². The first kappa shape index (κ1) is 15.2. The summed E-state index contributed by atoms with van der Waals surface area (Å²) < 4.78 is 0. The number of para-hydroxylation sites is 1. The third-order valence-corrected chi connectivity index (χ3v) is 3.34. The van der Waals surface area contributed by atoms with Crippen LogP contribution in [0.2, 0.25) is 0 Å². The highest BCUT2D eigenvalue weighted by molar-refractivity contribution is 6.06. The first-order valence-electron chi connectivity index (χ1n) is 7.03. The third-order valence-electron chi connectivity index (χ3n) is 3.34. The van der Waals surface area contributed by atoms with Crippen molar-refractivity contribution in [1.29, 1.82) is 5.41 Å². The van der Waals surface area contributed by atoms with Crippen LogP contribution >= 0.6 is 0 Å². The number of anilines is 1. The molecule has 21 heavy (non-hydrogen) atoms. The van der Waals surface area contributed by atoms with E-state index in [9.17, 15) is 0 Å². The van der Waals surface area contributed by atoms with Crippen LogP contribution in [0.15, 0.2) is 30.6 Å². The molecule has 0 saturated heterocycles. The van der Waals surface area contributed by atoms with Gasteiger partial charge in [0.1, 0.15) is 11.7 Å². The van der Waals surface area contributed by atoms with Gasteiger partial charge in [0.25, 0.3) is 0 Å². The minimum Gasteiger partial charge on any atom is -0.340 e. The fourth-order valence-electron chi connectivity index (χ4n) is 2.05. The van der Waals surface area contributed by atoms with E-state index < -0.39 is 0 Å². The van der Waals surface area contributed by atoms with Gasteiger partial charge in [-0.05, 0) is 25.0 Å². The summed E-state index contributed by atoms with van der Waals surface area (Å²) in [5.74, 6) is 1.10. The topological polar surface area (TPSA) is 61.7 Å². The van der Waals surface area contributed by atoms with Crippen molar-refractivity contribution in [2.45, 2.75) is 40.0 Å². The molecule has 4 nitrogen and oxygen atoms in total. The smallest absolute Gasteiger partial charge is 0.133 e. The summed E-state index contributed by atoms with van der Waals surface area (Å²) in [6.07, 6.45) is 3.41. The van der Waals surface area contributed by atoms with Crippen molar-refractivity contribution in [3.8, 4) is 0 Å². The Kier molecular flexibility index (Phi) is 4.07. The first-order chi connectivity index (χ1) is 9.79. The molecule has 0 saturated carbocycles. The van der Waals surface area contributed by atoms with Gasteiger partial charge in [0.05, 0.1) is 5.56 Å². The largest absolute Gasteiger partial charge is 0.340 e. The number of nitrogens with one attached hydrogen (secondary N) is 2. The van der Waals surface area contributed by atoms with Crippen molar-refractivity contribution in [2.75, 3.05) is 5.32 Å². The molecule has 1 heterocycles. The maximum Gasteiger partial charge on any atom is 0.133 e. The molecule has 0 spiro atoms. The van der Waals surface area contributed by atoms with E-state index >= 15 is 0 Å². The van der Waals surface area contributed by atoms with E-state index in [1.807, 2.05) is 32.0 Å². The van der Waals surface area contributed by atoms with Gasteiger partial charge in [0, 0.05) is 23.5 Å². The Labute approximate surface area is 126 Å². The number of aromatic nitrogens is 2. The van der Waals surface area contributed by atoms with Crippen molar-refractivity contribution in [3.63, 3.8) is 0 Å². The highest BCUT2D eigenvalue weighted by Gasteiger charge is 2.17. The number of amidine groups is 1. The Morgan fingerprint density at radius 1 is 1.05 bits per heavy atom. The molecule has 0 unspecified atom stereocenters. The van der Waals surface area contributed by atoms with E-state index in [4.69, 9.17) is 5.41 Å². The zero-order valence-corrected chi connectivity index (χ0v) is 13.3. The normalized spacial score (nSPS) is 11.3. The standard InChI is InChI=1S/C17H22N4/c1-11-7-6-8-12(2)14(11)21-15(18)13-9-19-16(20-10-13)17(3,4)5/h6-10H,1-5H3,(H2,18,21). The number of benzene rings is 1. The maximum absolute atomic E-state index is 8.20. The molecule has 4 heteroatoms. The number of hydrogen-bond donors (Lipinski definition) is 2. The lowest BCUT2D eigenvalue weighted by molar-refractivity contribution is 0.545. The second kappa shape index (κ2) is 5.64. The van der Waals surface area contributed by atoms with Crippen LogP contribution in [0.1, 0.15) is 43.3 Å². The minimum atomic E-state index is -0.0826. The zero-order chi connectivity index (χ0) is 15.6. The molecule has 2 aromatic rings. The summed E-state index contributed by atoms with van der Waals surface area (Å²) in [6.45, 7) is 10.3. The van der Waals surface area contributed by atoms with Crippen LogP contribution in [0.3, 0.4) is 0 Å². The Hall–Kier alpha value is -2.23. The van der Waals surface area contributed by atoms with Gasteiger partial charge >= 0.3 is 0 Å². The van der Waals surface area contributed by atoms with E-state index in [1.54, 1.807) is 12.4 Å². The zero-order valence-electron chi connectivity index (χ0n) is 13.3. The summed E-state index contributed by atoms with van der Waals surface area (Å²) in [7, 11) is 0. The Morgan fingerprint density at radius 2 is 1.57 bits per heavy atom. The molecule has 0 radical (unpaired) electrons. The van der Waals surface area contributed by atoms with Crippen LogP contribution in [0.25, 0.3) is 0 Å². The van der Waals surface area contributed by atoms with Crippen LogP contribution in [0.5, 0.6) is 0 Å². The fraction of sp³-hybridized carbons (Fsp3) is 0.353. The molecule has 0 aliphatic rings. The van der Waals surface area contributed by atoms with Gasteiger partial charge in [-0.25, -0.2) is 9.97 Å². The van der Waals surface area contributed by atoms with E-state index in [1.165, 1.54) is 0 Å². The number of nitrogens with zero attached hydrogens (tertiary/aromatic N) is 2. The van der Waals surface area contributed by atoms with E-state index in [-0.39, 0.29) is 5.41 Å². The van der Waals surface area contributed by atoms with Crippen LogP contribution in [0.4, 0.5) is 5.69 Å². The SMILES string of the molecule is Cc1cccc(C)c1NC(=N)c1cnc(C(C)(C)C)nc1. The van der Waals surface area contributed by atoms with Crippen molar-refractivity contribution < 1.29 is 0 Å². The summed E-state index contributed by atoms with van der Waals surface area (Å²) in [6, 6.07) is 6.07. The maximum atomic E-state index is 8.20. The van der Waals surface area contributed by atoms with Gasteiger partial charge in [-0.2, -0.15) is 0 Å². The average molecular weight is 282 g/mol. The lowest BCUT2D eigenvalue weighted by Crippen LogP contribution is -2.19. The molecule has 110 valence electrons. The van der Waals surface area contributed by atoms with Crippen molar-refractivity contribution >= 4 is 11.5 Å². The minimum absolute atomic E-state index is 0.0826. The molecule has 0 aliphatic heterocycles. The molecule has 0 amide bonds. The van der Waals surface area contributed by atoms with Gasteiger partial charge in [-0.15, -0.1) is 0 Å². The first-order valence-corrected chi connectivity index (χ1v) is 7.03. The third kappa shape index (κ3) is 3.45. The summed E-state index contributed by atoms with van der Waals surface area (Å²) >= 11 is 0. The van der Waals surface area contributed by atoms with E-state index in [0.717, 1.165) is 22.6 Å². The fourth-order valence-corrected chi connectivity index (χ4v) is 2.05. The quantitative estimate of drug-likeness (QED) is 0.650. The van der Waals surface area contributed by atoms with E-state index in [0.29, 0.717) is 11.4 Å². The summed E-state index contributed by atoms with van der Waals surface area (Å²) in [5, 5.41) is 11.4. The molecule has 0 fully saturated rings. The molecule has 0 aliphatic carbocycles. The number of hydrogen-bond acceptors (Lipinski definition) is 3. The number of aryl methyl sites for hydroxylation is 2. The lowest BCUT2D eigenvalue weighted by atomic mass is 9.96. The Balaban J connectivity index is 2.21. The predicted molar refractivity (Wildman–Crippen MR) is 87.1 cm³/mol. The Morgan fingerprint density at radius 3 is 2.05 bits per heavy atom. The molecule has 0 atom stereocenters. The summed E-state index contributed by atoms with van der Waals surface area (Å²) in [5.41, 5.74) is 3.81. The molecule has 0 bridgehead atoms. The van der Waals surface area contributed by atoms with Crippen LogP contribution in [0, 0.1) is 19.3 Å². The van der Waals surface area contributed by atoms with Crippen molar-refractivity contribution in [2.24, 2.45) is 0 Å². The van der Waals surface area contributed by atoms with E-state index in [2.05, 4.69) is 36.1 Å². The highest BCUT2D eigenvalue weighted by atomic mass is 15.0. The second-order valence-corrected chi connectivity index (χ2v) is 6.31. The lowest BCUT2D eigenvalue weighted by Gasteiger charge is -2.17. The average Bonchev–Trinajstić information content (AvgIpc) is 2.42. The molecule has 2 rings (SSSR count). The number of rotatable bonds is 2. The van der Waals surface area contributed by atoms with Gasteiger partial charge in [0.15, 0.2) is 0 Å². The molecule has 1 aromatic carbocycles. The molecule has 2 N–H and O–H groups in total. The van der Waals surface area contributed by atoms with Gasteiger partial charge < -0.3 is 5.32 Å². The second-order valence-electron chi connectivity index (χ2n) is 6.31. The summed E-state index contributed by atoms with van der Waals surface area (Å²) in [4.78, 5) is 8.73.